The first kappa shape index (κ1) is 9.27. The molecule has 0 bridgehead atoms. The lowest BCUT2D eigenvalue weighted by Gasteiger charge is -2.29. The second kappa shape index (κ2) is 4.28. The van der Waals surface area contributed by atoms with Crippen molar-refractivity contribution < 1.29 is 9.47 Å². The van der Waals surface area contributed by atoms with Crippen molar-refractivity contribution in [2.75, 3.05) is 38.3 Å². The van der Waals surface area contributed by atoms with Gasteiger partial charge in [-0.15, -0.1) is 0 Å². The molecule has 1 saturated heterocycles. The summed E-state index contributed by atoms with van der Waals surface area (Å²) in [6, 6.07) is 3.95. The van der Waals surface area contributed by atoms with Gasteiger partial charge in [-0.3, -0.25) is 0 Å². The van der Waals surface area contributed by atoms with E-state index >= 15 is 0 Å². The van der Waals surface area contributed by atoms with Gasteiger partial charge >= 0.3 is 0 Å². The minimum atomic E-state index is 0.689. The number of pyridine rings is 1. The van der Waals surface area contributed by atoms with Gasteiger partial charge in [-0.2, -0.15) is 0 Å². The monoisotopic (exact) mass is 194 g/mol. The van der Waals surface area contributed by atoms with E-state index in [2.05, 4.69) is 9.88 Å². The molecule has 76 valence electrons. The third kappa shape index (κ3) is 1.80. The lowest BCUT2D eigenvalue weighted by molar-refractivity contribution is 0.122. The van der Waals surface area contributed by atoms with Crippen molar-refractivity contribution in [3.05, 3.63) is 18.3 Å². The number of rotatable bonds is 2. The van der Waals surface area contributed by atoms with E-state index in [4.69, 9.17) is 9.47 Å². The highest BCUT2D eigenvalue weighted by Crippen LogP contribution is 2.25. The highest BCUT2D eigenvalue weighted by atomic mass is 16.5. The van der Waals surface area contributed by atoms with Crippen molar-refractivity contribution >= 4 is 5.69 Å². The molecule has 1 aliphatic heterocycles. The molecule has 0 aliphatic carbocycles. The topological polar surface area (TPSA) is 34.6 Å². The predicted octanol–water partition coefficient (Wildman–Crippen LogP) is 0.927. The molecule has 1 aromatic heterocycles. The fourth-order valence-corrected chi connectivity index (χ4v) is 1.58. The highest BCUT2D eigenvalue weighted by molar-refractivity contribution is 5.54. The molecule has 4 nitrogen and oxygen atoms in total. The van der Waals surface area contributed by atoms with E-state index in [1.54, 1.807) is 13.3 Å². The molecule has 14 heavy (non-hydrogen) atoms. The molecule has 2 heterocycles. The van der Waals surface area contributed by atoms with Gasteiger partial charge in [0.15, 0.2) is 0 Å². The van der Waals surface area contributed by atoms with Crippen molar-refractivity contribution in [1.29, 1.82) is 0 Å². The average Bonchev–Trinajstić information content (AvgIpc) is 2.30. The Bertz CT molecular complexity index is 298. The molecule has 0 aromatic carbocycles. The van der Waals surface area contributed by atoms with Gasteiger partial charge in [0.25, 0.3) is 0 Å². The lowest BCUT2D eigenvalue weighted by Crippen LogP contribution is -2.36. The van der Waals surface area contributed by atoms with Crippen molar-refractivity contribution in [1.82, 2.24) is 4.98 Å². The minimum Gasteiger partial charge on any atom is -0.480 e. The first-order valence-electron chi connectivity index (χ1n) is 4.73. The predicted molar refractivity (Wildman–Crippen MR) is 53.8 cm³/mol. The summed E-state index contributed by atoms with van der Waals surface area (Å²) in [6.45, 7) is 3.36. The summed E-state index contributed by atoms with van der Waals surface area (Å²) < 4.78 is 10.5. The number of ether oxygens (including phenoxy) is 2. The standard InChI is InChI=1S/C10H14N2O2/c1-13-10-9(3-2-4-11-10)12-5-7-14-8-6-12/h2-4H,5-8H2,1H3. The van der Waals surface area contributed by atoms with E-state index in [0.29, 0.717) is 5.88 Å². The number of methoxy groups -OCH3 is 1. The van der Waals surface area contributed by atoms with Gasteiger partial charge in [0.1, 0.15) is 5.69 Å². The zero-order chi connectivity index (χ0) is 9.80. The van der Waals surface area contributed by atoms with Crippen LogP contribution in [-0.4, -0.2) is 38.4 Å². The third-order valence-corrected chi connectivity index (χ3v) is 2.30. The van der Waals surface area contributed by atoms with Crippen LogP contribution in [0.1, 0.15) is 0 Å². The normalized spacial score (nSPS) is 16.8. The Kier molecular flexibility index (Phi) is 2.84. The van der Waals surface area contributed by atoms with Crippen LogP contribution in [0.15, 0.2) is 18.3 Å². The Morgan fingerprint density at radius 2 is 2.21 bits per heavy atom. The molecular weight excluding hydrogens is 180 g/mol. The maximum absolute atomic E-state index is 5.29. The molecule has 1 aliphatic rings. The number of morpholine rings is 1. The minimum absolute atomic E-state index is 0.689. The van der Waals surface area contributed by atoms with E-state index in [9.17, 15) is 0 Å². The summed E-state index contributed by atoms with van der Waals surface area (Å²) >= 11 is 0. The smallest absolute Gasteiger partial charge is 0.237 e. The van der Waals surface area contributed by atoms with Crippen LogP contribution in [0.25, 0.3) is 0 Å². The van der Waals surface area contributed by atoms with Crippen LogP contribution < -0.4 is 9.64 Å². The van der Waals surface area contributed by atoms with Crippen molar-refractivity contribution in [3.63, 3.8) is 0 Å². The SMILES string of the molecule is COc1ncccc1N1CCOCC1. The molecule has 4 heteroatoms. The van der Waals surface area contributed by atoms with Crippen LogP contribution >= 0.6 is 0 Å². The maximum Gasteiger partial charge on any atom is 0.237 e. The Morgan fingerprint density at radius 1 is 1.43 bits per heavy atom. The Hall–Kier alpha value is -1.29. The molecule has 1 fully saturated rings. The Balaban J connectivity index is 2.20. The van der Waals surface area contributed by atoms with E-state index in [-0.39, 0.29) is 0 Å². The molecule has 0 amide bonds. The van der Waals surface area contributed by atoms with Gasteiger partial charge in [0.2, 0.25) is 5.88 Å². The van der Waals surface area contributed by atoms with Gasteiger partial charge in [-0.05, 0) is 12.1 Å². The second-order valence-corrected chi connectivity index (χ2v) is 3.13. The Labute approximate surface area is 83.5 Å². The van der Waals surface area contributed by atoms with E-state index in [1.165, 1.54) is 0 Å². The summed E-state index contributed by atoms with van der Waals surface area (Å²) in [6.07, 6.45) is 1.74. The van der Waals surface area contributed by atoms with Gasteiger partial charge in [0.05, 0.1) is 20.3 Å². The molecule has 0 radical (unpaired) electrons. The van der Waals surface area contributed by atoms with E-state index in [1.807, 2.05) is 12.1 Å². The molecule has 0 saturated carbocycles. The van der Waals surface area contributed by atoms with Crippen molar-refractivity contribution in [3.8, 4) is 5.88 Å². The van der Waals surface area contributed by atoms with Crippen molar-refractivity contribution in [2.24, 2.45) is 0 Å². The summed E-state index contributed by atoms with van der Waals surface area (Å²) in [7, 11) is 1.65. The fraction of sp³-hybridized carbons (Fsp3) is 0.500. The summed E-state index contributed by atoms with van der Waals surface area (Å²) in [5, 5.41) is 0. The fourth-order valence-electron chi connectivity index (χ4n) is 1.58. The number of nitrogens with zero attached hydrogens (tertiary/aromatic N) is 2. The summed E-state index contributed by atoms with van der Waals surface area (Å²) in [5.74, 6) is 0.689. The molecule has 0 N–H and O–H groups in total. The van der Waals surface area contributed by atoms with Crippen LogP contribution in [0, 0.1) is 0 Å². The number of anilines is 1. The molecule has 0 unspecified atom stereocenters. The maximum atomic E-state index is 5.29. The number of hydrogen-bond donors (Lipinski definition) is 0. The molecule has 0 spiro atoms. The van der Waals surface area contributed by atoms with Crippen molar-refractivity contribution in [2.45, 2.75) is 0 Å². The van der Waals surface area contributed by atoms with Crippen LogP contribution in [-0.2, 0) is 4.74 Å². The molecule has 2 rings (SSSR count). The number of aromatic nitrogens is 1. The average molecular weight is 194 g/mol. The molecule has 1 aromatic rings. The summed E-state index contributed by atoms with van der Waals surface area (Å²) in [5.41, 5.74) is 1.05. The third-order valence-electron chi connectivity index (χ3n) is 2.30. The van der Waals surface area contributed by atoms with Gasteiger partial charge in [0, 0.05) is 19.3 Å². The molecular formula is C10H14N2O2. The number of hydrogen-bond acceptors (Lipinski definition) is 4. The van der Waals surface area contributed by atoms with Crippen LogP contribution in [0.3, 0.4) is 0 Å². The highest BCUT2D eigenvalue weighted by Gasteiger charge is 2.15. The summed E-state index contributed by atoms with van der Waals surface area (Å²) in [4.78, 5) is 6.40. The van der Waals surface area contributed by atoms with Crippen LogP contribution in [0.4, 0.5) is 5.69 Å². The first-order valence-corrected chi connectivity index (χ1v) is 4.73. The molecule has 0 atom stereocenters. The van der Waals surface area contributed by atoms with Gasteiger partial charge in [-0.25, -0.2) is 4.98 Å². The van der Waals surface area contributed by atoms with E-state index in [0.717, 1.165) is 32.0 Å². The Morgan fingerprint density at radius 3 is 2.93 bits per heavy atom. The lowest BCUT2D eigenvalue weighted by atomic mass is 10.3. The van der Waals surface area contributed by atoms with Crippen LogP contribution in [0.2, 0.25) is 0 Å². The van der Waals surface area contributed by atoms with Gasteiger partial charge < -0.3 is 14.4 Å². The zero-order valence-electron chi connectivity index (χ0n) is 8.27. The van der Waals surface area contributed by atoms with Gasteiger partial charge in [-0.1, -0.05) is 0 Å². The quantitative estimate of drug-likeness (QED) is 0.701. The largest absolute Gasteiger partial charge is 0.480 e. The first-order chi connectivity index (χ1) is 6.92. The van der Waals surface area contributed by atoms with E-state index < -0.39 is 0 Å². The second-order valence-electron chi connectivity index (χ2n) is 3.13. The zero-order valence-corrected chi connectivity index (χ0v) is 8.27. The van der Waals surface area contributed by atoms with Crippen LogP contribution in [0.5, 0.6) is 5.88 Å².